The summed E-state index contributed by atoms with van der Waals surface area (Å²) in [6.45, 7) is 6.51. The second-order valence-corrected chi connectivity index (χ2v) is 5.50. The van der Waals surface area contributed by atoms with Crippen LogP contribution in [0.5, 0.6) is 0 Å². The fraction of sp³-hybridized carbons (Fsp3) is 0.667. The van der Waals surface area contributed by atoms with Crippen molar-refractivity contribution in [3.8, 4) is 0 Å². The van der Waals surface area contributed by atoms with E-state index in [0.717, 1.165) is 36.1 Å². The van der Waals surface area contributed by atoms with E-state index in [0.29, 0.717) is 0 Å². The molecular weight excluding hydrogens is 222 g/mol. The molecule has 1 fully saturated rings. The van der Waals surface area contributed by atoms with Crippen LogP contribution in [0.3, 0.4) is 0 Å². The lowest BCUT2D eigenvalue weighted by molar-refractivity contribution is 0.435. The Kier molecular flexibility index (Phi) is 4.45. The quantitative estimate of drug-likeness (QED) is 0.890. The molecule has 1 saturated heterocycles. The zero-order chi connectivity index (χ0) is 13.0. The summed E-state index contributed by atoms with van der Waals surface area (Å²) in [6, 6.07) is 2.02. The smallest absolute Gasteiger partial charge is 0.151 e. The number of pyridine rings is 1. The van der Waals surface area contributed by atoms with Crippen LogP contribution in [-0.4, -0.2) is 18.1 Å². The number of hydrogen-bond acceptors (Lipinski definition) is 3. The molecule has 2 rings (SSSR count). The molecule has 2 heterocycles. The topological polar surface area (TPSA) is 42.2 Å². The van der Waals surface area contributed by atoms with Gasteiger partial charge in [-0.25, -0.2) is 4.98 Å². The highest BCUT2D eigenvalue weighted by Crippen LogP contribution is 2.27. The van der Waals surface area contributed by atoms with Crippen molar-refractivity contribution in [2.45, 2.75) is 46.0 Å². The van der Waals surface area contributed by atoms with E-state index in [1.165, 1.54) is 32.1 Å². The van der Waals surface area contributed by atoms with E-state index in [1.54, 1.807) is 0 Å². The van der Waals surface area contributed by atoms with Crippen LogP contribution in [0.15, 0.2) is 12.3 Å². The average Bonchev–Trinajstić information content (AvgIpc) is 2.55. The third-order valence-corrected chi connectivity index (χ3v) is 3.88. The molecule has 1 aliphatic rings. The maximum atomic E-state index is 6.09. The van der Waals surface area contributed by atoms with Crippen molar-refractivity contribution in [2.75, 3.05) is 23.7 Å². The minimum absolute atomic E-state index is 0.823. The molecule has 1 aliphatic heterocycles. The van der Waals surface area contributed by atoms with Crippen LogP contribution in [-0.2, 0) is 0 Å². The van der Waals surface area contributed by atoms with Crippen LogP contribution >= 0.6 is 0 Å². The molecule has 0 amide bonds. The second-order valence-electron chi connectivity index (χ2n) is 5.50. The first-order valence-corrected chi connectivity index (χ1v) is 7.17. The summed E-state index contributed by atoms with van der Waals surface area (Å²) in [5, 5.41) is 0. The Labute approximate surface area is 110 Å². The molecule has 0 bridgehead atoms. The van der Waals surface area contributed by atoms with E-state index < -0.39 is 0 Å². The number of aromatic nitrogens is 1. The Morgan fingerprint density at radius 2 is 2.22 bits per heavy atom. The van der Waals surface area contributed by atoms with E-state index in [4.69, 9.17) is 5.73 Å². The van der Waals surface area contributed by atoms with E-state index in [2.05, 4.69) is 16.8 Å². The Balaban J connectivity index is 2.05. The first-order chi connectivity index (χ1) is 8.70. The standard InChI is InChI=1S/C15H25N3/c1-3-5-13-6-4-8-18(9-7-13)15-14(16)10-12(2)11-17-15/h10-11,13H,3-9,16H2,1-2H3. The monoisotopic (exact) mass is 247 g/mol. The predicted molar refractivity (Wildman–Crippen MR) is 77.8 cm³/mol. The van der Waals surface area contributed by atoms with Gasteiger partial charge >= 0.3 is 0 Å². The predicted octanol–water partition coefficient (Wildman–Crippen LogP) is 3.38. The maximum Gasteiger partial charge on any atom is 0.151 e. The summed E-state index contributed by atoms with van der Waals surface area (Å²) < 4.78 is 0. The van der Waals surface area contributed by atoms with Gasteiger partial charge in [0.05, 0.1) is 5.69 Å². The molecule has 0 saturated carbocycles. The van der Waals surface area contributed by atoms with Crippen LogP contribution in [0.1, 0.15) is 44.6 Å². The molecule has 1 aromatic rings. The van der Waals surface area contributed by atoms with Gasteiger partial charge in [-0.05, 0) is 43.7 Å². The van der Waals surface area contributed by atoms with Crippen LogP contribution in [0, 0.1) is 12.8 Å². The van der Waals surface area contributed by atoms with Gasteiger partial charge in [-0.15, -0.1) is 0 Å². The fourth-order valence-electron chi connectivity index (χ4n) is 2.92. The number of hydrogen-bond donors (Lipinski definition) is 1. The van der Waals surface area contributed by atoms with Gasteiger partial charge in [0.1, 0.15) is 0 Å². The number of aryl methyl sites for hydroxylation is 1. The Morgan fingerprint density at radius 1 is 1.39 bits per heavy atom. The normalized spacial score (nSPS) is 20.8. The lowest BCUT2D eigenvalue weighted by Gasteiger charge is -2.23. The number of nitrogens with two attached hydrogens (primary N) is 1. The molecule has 3 heteroatoms. The Morgan fingerprint density at radius 3 is 2.94 bits per heavy atom. The largest absolute Gasteiger partial charge is 0.396 e. The summed E-state index contributed by atoms with van der Waals surface area (Å²) in [6.07, 6.45) is 8.49. The SMILES string of the molecule is CCCC1CCCN(c2ncc(C)cc2N)CC1. The number of nitrogens with zero attached hydrogens (tertiary/aromatic N) is 2. The molecule has 0 spiro atoms. The minimum atomic E-state index is 0.823. The van der Waals surface area contributed by atoms with Gasteiger partial charge in [0.2, 0.25) is 0 Å². The molecule has 1 aromatic heterocycles. The third kappa shape index (κ3) is 3.15. The molecular formula is C15H25N3. The van der Waals surface area contributed by atoms with Crippen molar-refractivity contribution in [1.29, 1.82) is 0 Å². The molecule has 18 heavy (non-hydrogen) atoms. The van der Waals surface area contributed by atoms with E-state index in [9.17, 15) is 0 Å². The second kappa shape index (κ2) is 6.07. The third-order valence-electron chi connectivity index (χ3n) is 3.88. The van der Waals surface area contributed by atoms with E-state index in [-0.39, 0.29) is 0 Å². The summed E-state index contributed by atoms with van der Waals surface area (Å²) in [5.41, 5.74) is 8.05. The molecule has 0 aromatic carbocycles. The molecule has 1 unspecified atom stereocenters. The summed E-state index contributed by atoms with van der Waals surface area (Å²) >= 11 is 0. The molecule has 1 atom stereocenters. The summed E-state index contributed by atoms with van der Waals surface area (Å²) in [5.74, 6) is 1.88. The first kappa shape index (κ1) is 13.2. The van der Waals surface area contributed by atoms with Gasteiger partial charge in [-0.3, -0.25) is 0 Å². The number of anilines is 2. The van der Waals surface area contributed by atoms with E-state index in [1.807, 2.05) is 19.2 Å². The van der Waals surface area contributed by atoms with Gasteiger partial charge in [-0.2, -0.15) is 0 Å². The molecule has 0 aliphatic carbocycles. The zero-order valence-corrected chi connectivity index (χ0v) is 11.7. The Bertz CT molecular complexity index is 389. The van der Waals surface area contributed by atoms with Gasteiger partial charge in [-0.1, -0.05) is 19.8 Å². The lowest BCUT2D eigenvalue weighted by Crippen LogP contribution is -2.26. The van der Waals surface area contributed by atoms with Crippen LogP contribution in [0.2, 0.25) is 0 Å². The summed E-state index contributed by atoms with van der Waals surface area (Å²) in [7, 11) is 0. The summed E-state index contributed by atoms with van der Waals surface area (Å²) in [4.78, 5) is 6.88. The van der Waals surface area contributed by atoms with Gasteiger partial charge in [0.15, 0.2) is 5.82 Å². The highest BCUT2D eigenvalue weighted by molar-refractivity contribution is 5.63. The lowest BCUT2D eigenvalue weighted by atomic mass is 9.96. The molecule has 3 nitrogen and oxygen atoms in total. The van der Waals surface area contributed by atoms with Crippen molar-refractivity contribution in [3.05, 3.63) is 17.8 Å². The van der Waals surface area contributed by atoms with Gasteiger partial charge in [0, 0.05) is 19.3 Å². The zero-order valence-electron chi connectivity index (χ0n) is 11.7. The van der Waals surface area contributed by atoms with Crippen LogP contribution in [0.25, 0.3) is 0 Å². The highest BCUT2D eigenvalue weighted by Gasteiger charge is 2.18. The van der Waals surface area contributed by atoms with Crippen molar-refractivity contribution in [1.82, 2.24) is 4.98 Å². The van der Waals surface area contributed by atoms with Crippen molar-refractivity contribution >= 4 is 11.5 Å². The number of rotatable bonds is 3. The van der Waals surface area contributed by atoms with Crippen molar-refractivity contribution < 1.29 is 0 Å². The fourth-order valence-corrected chi connectivity index (χ4v) is 2.92. The van der Waals surface area contributed by atoms with Gasteiger partial charge in [0.25, 0.3) is 0 Å². The van der Waals surface area contributed by atoms with Gasteiger partial charge < -0.3 is 10.6 Å². The average molecular weight is 247 g/mol. The minimum Gasteiger partial charge on any atom is -0.396 e. The molecule has 0 radical (unpaired) electrons. The molecule has 100 valence electrons. The van der Waals surface area contributed by atoms with E-state index >= 15 is 0 Å². The van der Waals surface area contributed by atoms with Crippen LogP contribution < -0.4 is 10.6 Å². The van der Waals surface area contributed by atoms with Crippen LogP contribution in [0.4, 0.5) is 11.5 Å². The first-order valence-electron chi connectivity index (χ1n) is 7.17. The number of nitrogen functional groups attached to an aromatic ring is 1. The Hall–Kier alpha value is -1.25. The maximum absolute atomic E-state index is 6.09. The highest BCUT2D eigenvalue weighted by atomic mass is 15.2. The van der Waals surface area contributed by atoms with Crippen molar-refractivity contribution in [2.24, 2.45) is 5.92 Å². The van der Waals surface area contributed by atoms with Crippen molar-refractivity contribution in [3.63, 3.8) is 0 Å². The molecule has 2 N–H and O–H groups in total.